The third-order valence-electron chi connectivity index (χ3n) is 11.7. The van der Waals surface area contributed by atoms with Crippen molar-refractivity contribution in [3.8, 4) is 0 Å². The van der Waals surface area contributed by atoms with Crippen molar-refractivity contribution in [3.63, 3.8) is 0 Å². The van der Waals surface area contributed by atoms with Gasteiger partial charge in [-0.1, -0.05) is 113 Å². The molecule has 21 heteroatoms. The second kappa shape index (κ2) is 21.9. The summed E-state index contributed by atoms with van der Waals surface area (Å²) in [6.45, 7) is 10.9. The molecule has 3 heterocycles. The lowest BCUT2D eigenvalue weighted by molar-refractivity contribution is -0.248. The molecule has 3 N–H and O–H groups in total. The zero-order valence-electron chi connectivity index (χ0n) is 37.6. The minimum absolute atomic E-state index is 0.0211. The lowest BCUT2D eigenvalue weighted by Gasteiger charge is -2.40. The first-order valence-corrected chi connectivity index (χ1v) is 25.6. The van der Waals surface area contributed by atoms with Crippen LogP contribution < -0.4 is 10.5 Å². The Morgan fingerprint density at radius 1 is 0.879 bits per heavy atom. The number of imidazole rings is 1. The van der Waals surface area contributed by atoms with Crippen LogP contribution in [0.5, 0.6) is 0 Å². The van der Waals surface area contributed by atoms with Crippen LogP contribution in [0.1, 0.15) is 81.2 Å². The van der Waals surface area contributed by atoms with E-state index in [2.05, 4.69) is 48.8 Å². The zero-order valence-corrected chi connectivity index (χ0v) is 39.5. The number of rotatable bonds is 22. The van der Waals surface area contributed by atoms with E-state index in [9.17, 15) is 26.4 Å². The quantitative estimate of drug-likeness (QED) is 0.0382. The molecule has 0 radical (unpaired) electrons. The molecule has 66 heavy (non-hydrogen) atoms. The molecule has 1 saturated heterocycles. The second-order valence-corrected chi connectivity index (χ2v) is 23.5. The van der Waals surface area contributed by atoms with Gasteiger partial charge in [-0.3, -0.25) is 13.5 Å². The van der Waals surface area contributed by atoms with Gasteiger partial charge in [0.1, 0.15) is 25.4 Å². The first-order chi connectivity index (χ1) is 31.2. The highest BCUT2D eigenvalue weighted by molar-refractivity contribution is 7.85. The summed E-state index contributed by atoms with van der Waals surface area (Å²) in [4.78, 5) is 26.1. The lowest BCUT2D eigenvalue weighted by atomic mass is 9.95. The number of alkyl halides is 3. The number of nitrogen functional groups attached to an aromatic ring is 1. The Bertz CT molecular complexity index is 2460. The van der Waals surface area contributed by atoms with Crippen molar-refractivity contribution >= 4 is 41.5 Å². The van der Waals surface area contributed by atoms with E-state index < -0.39 is 87.1 Å². The van der Waals surface area contributed by atoms with Crippen LogP contribution in [0.2, 0.25) is 18.1 Å². The van der Waals surface area contributed by atoms with Gasteiger partial charge in [-0.15, -0.1) is 0 Å². The van der Waals surface area contributed by atoms with Crippen LogP contribution in [0.4, 0.5) is 19.0 Å². The smallest absolute Gasteiger partial charge is 0.409 e. The molecule has 5 aromatic rings. The number of hydrogen-bond donors (Lipinski definition) is 2. The van der Waals surface area contributed by atoms with Gasteiger partial charge in [-0.2, -0.15) is 21.6 Å². The molecule has 6 rings (SSSR count). The van der Waals surface area contributed by atoms with Gasteiger partial charge >= 0.3 is 16.5 Å². The molecule has 358 valence electrons. The monoisotopic (exact) mass is 958 g/mol. The maximum absolute atomic E-state index is 14.7. The van der Waals surface area contributed by atoms with Crippen molar-refractivity contribution in [2.24, 2.45) is 5.92 Å². The van der Waals surface area contributed by atoms with Gasteiger partial charge in [0, 0.05) is 12.3 Å². The summed E-state index contributed by atoms with van der Waals surface area (Å²) in [6.07, 6.45) is -8.69. The van der Waals surface area contributed by atoms with Crippen molar-refractivity contribution in [1.82, 2.24) is 24.2 Å². The molecule has 2 unspecified atom stereocenters. The van der Waals surface area contributed by atoms with E-state index in [4.69, 9.17) is 38.0 Å². The summed E-state index contributed by atoms with van der Waals surface area (Å²) >= 11 is 0. The minimum atomic E-state index is -4.88. The Morgan fingerprint density at radius 2 is 1.47 bits per heavy atom. The van der Waals surface area contributed by atoms with Gasteiger partial charge in [0.05, 0.1) is 44.5 Å². The fraction of sp³-hybridized carbons (Fsp3) is 0.467. The molecule has 0 bridgehead atoms. The molecular formula is C45H57F3N6O10SSi. The molecule has 1 fully saturated rings. The highest BCUT2D eigenvalue weighted by Gasteiger charge is 2.50. The number of aromatic nitrogens is 4. The molecule has 1 amide bonds. The zero-order chi connectivity index (χ0) is 47.7. The Hall–Kier alpha value is -4.84. The first kappa shape index (κ1) is 50.6. The number of anilines is 1. The van der Waals surface area contributed by atoms with Crippen molar-refractivity contribution in [3.05, 3.63) is 120 Å². The number of ether oxygens (including phenoxy) is 5. The van der Waals surface area contributed by atoms with Crippen LogP contribution in [-0.2, 0) is 60.6 Å². The third kappa shape index (κ3) is 13.2. The van der Waals surface area contributed by atoms with E-state index in [1.54, 1.807) is 34.9 Å². The summed E-state index contributed by atoms with van der Waals surface area (Å²) in [5.41, 5.74) is 8.16. The maximum Gasteiger partial charge on any atom is 0.418 e. The Kier molecular flexibility index (Phi) is 16.7. The van der Waals surface area contributed by atoms with Gasteiger partial charge in [0.15, 0.2) is 32.1 Å². The number of carbonyl (C=O) groups excluding carboxylic acids is 1. The van der Waals surface area contributed by atoms with Crippen LogP contribution in [0.3, 0.4) is 0 Å². The predicted molar refractivity (Wildman–Crippen MR) is 239 cm³/mol. The number of carbonyl (C=O) groups is 1. The average molecular weight is 959 g/mol. The number of hydrogen-bond acceptors (Lipinski definition) is 14. The highest BCUT2D eigenvalue weighted by atomic mass is 32.2. The van der Waals surface area contributed by atoms with Gasteiger partial charge in [-0.05, 0) is 46.8 Å². The van der Waals surface area contributed by atoms with E-state index in [0.29, 0.717) is 11.2 Å². The summed E-state index contributed by atoms with van der Waals surface area (Å²) in [6, 6.07) is 23.7. The van der Waals surface area contributed by atoms with E-state index in [1.165, 1.54) is 36.9 Å². The molecule has 0 saturated carbocycles. The summed E-state index contributed by atoms with van der Waals surface area (Å²) in [5.74, 6) is -1.25. The molecule has 16 nitrogen and oxygen atoms in total. The standard InChI is InChI=1S/C45H57F3N6O10SSi/c1-30-36(63-43(39(30)64-66(5,6)44(2,3)4)54-27-52-38-41(49)50-26-51-42(38)54)25-62-65(56,57)53-37(55)22-21-35(60-28-58-23-31-15-9-7-10-16-31)33-19-13-14-20-34(33)40(45(46,47)48)61-29-59-24-32-17-11-8-12-18-32/h7-20,26-27,30,35-36,39-40,43H,21-25,28-29H2,1-6H3,(H,53,55)(H2,49,50,51)/t30-,35?,36-,39-,40?,43-/m1/s1. The third-order valence-corrected chi connectivity index (χ3v) is 17.1. The van der Waals surface area contributed by atoms with Gasteiger partial charge in [-0.25, -0.2) is 19.7 Å². The number of halogens is 3. The molecular weight excluding hydrogens is 902 g/mol. The van der Waals surface area contributed by atoms with Crippen molar-refractivity contribution in [2.75, 3.05) is 25.9 Å². The molecule has 0 spiro atoms. The molecule has 1 aliphatic heterocycles. The van der Waals surface area contributed by atoms with E-state index in [1.807, 2.05) is 42.0 Å². The van der Waals surface area contributed by atoms with E-state index >= 15 is 0 Å². The summed E-state index contributed by atoms with van der Waals surface area (Å²) in [7, 11) is -7.17. The number of nitrogens with one attached hydrogen (secondary N) is 1. The number of fused-ring (bicyclic) bond motifs is 1. The largest absolute Gasteiger partial charge is 0.418 e. The fourth-order valence-electron chi connectivity index (χ4n) is 7.09. The molecule has 0 aliphatic carbocycles. The molecule has 1 aliphatic rings. The number of amides is 1. The van der Waals surface area contributed by atoms with Gasteiger partial charge in [0.2, 0.25) is 5.91 Å². The van der Waals surface area contributed by atoms with Gasteiger partial charge in [0.25, 0.3) is 0 Å². The van der Waals surface area contributed by atoms with E-state index in [-0.39, 0.29) is 48.4 Å². The van der Waals surface area contributed by atoms with Crippen molar-refractivity contribution < 1.29 is 58.7 Å². The van der Waals surface area contributed by atoms with Crippen molar-refractivity contribution in [1.29, 1.82) is 0 Å². The lowest BCUT2D eigenvalue weighted by Crippen LogP contribution is -2.47. The topological polar surface area (TPSA) is 197 Å². The Balaban J connectivity index is 1.14. The molecule has 3 aromatic carbocycles. The fourth-order valence-corrected chi connectivity index (χ4v) is 9.21. The molecule has 6 atom stereocenters. The van der Waals surface area contributed by atoms with Crippen molar-refractivity contribution in [2.45, 2.75) is 109 Å². The number of nitrogens with two attached hydrogens (primary N) is 1. The van der Waals surface area contributed by atoms with E-state index in [0.717, 1.165) is 11.1 Å². The Morgan fingerprint density at radius 3 is 2.08 bits per heavy atom. The summed E-state index contributed by atoms with van der Waals surface area (Å²) in [5, 5.41) is -0.185. The number of nitrogens with zero attached hydrogens (tertiary/aromatic N) is 4. The normalized spacial score (nSPS) is 19.2. The van der Waals surface area contributed by atoms with Gasteiger partial charge < -0.3 is 33.8 Å². The van der Waals surface area contributed by atoms with Crippen LogP contribution in [-0.4, -0.2) is 80.7 Å². The highest BCUT2D eigenvalue weighted by Crippen LogP contribution is 2.45. The SMILES string of the molecule is C[C@H]1[C@@H](O[Si](C)(C)C(C)(C)C)[C@H](n2cnc3c(N)ncnc32)O[C@@H]1COS(=O)(=O)NC(=O)CCC(OCOCc1ccccc1)c1ccccc1C(OCOCc1ccccc1)C(F)(F)F. The average Bonchev–Trinajstić information content (AvgIpc) is 3.83. The van der Waals surface area contributed by atoms with Crippen LogP contribution in [0.15, 0.2) is 97.6 Å². The Labute approximate surface area is 383 Å². The summed E-state index contributed by atoms with van der Waals surface area (Å²) < 4.78 is 115. The second-order valence-electron chi connectivity index (χ2n) is 17.4. The maximum atomic E-state index is 14.7. The predicted octanol–water partition coefficient (Wildman–Crippen LogP) is 8.22. The van der Waals surface area contributed by atoms with Crippen LogP contribution in [0, 0.1) is 5.92 Å². The van der Waals surface area contributed by atoms with Crippen LogP contribution in [0.25, 0.3) is 11.2 Å². The first-order valence-electron chi connectivity index (χ1n) is 21.3. The minimum Gasteiger partial charge on any atom is -0.409 e. The van der Waals surface area contributed by atoms with Crippen LogP contribution >= 0.6 is 0 Å². The number of benzene rings is 3. The molecule has 2 aromatic heterocycles.